The first-order chi connectivity index (χ1) is 13.8. The van der Waals surface area contributed by atoms with Crippen LogP contribution in [-0.4, -0.2) is 38.0 Å². The molecule has 0 aromatic carbocycles. The number of rotatable bonds is 21. The summed E-state index contributed by atoms with van der Waals surface area (Å²) < 4.78 is 0. The summed E-state index contributed by atoms with van der Waals surface area (Å²) in [6, 6.07) is 0. The van der Waals surface area contributed by atoms with Gasteiger partial charge >= 0.3 is 0 Å². The van der Waals surface area contributed by atoms with Crippen molar-refractivity contribution in [1.82, 2.24) is 0 Å². The van der Waals surface area contributed by atoms with Gasteiger partial charge in [0, 0.05) is 6.42 Å². The summed E-state index contributed by atoms with van der Waals surface area (Å²) in [5.74, 6) is -1.96. The zero-order valence-corrected chi connectivity index (χ0v) is 19.4. The monoisotopic (exact) mass is 417 g/mol. The molecule has 0 aliphatic rings. The van der Waals surface area contributed by atoms with Crippen LogP contribution < -0.4 is 5.73 Å². The average Bonchev–Trinajstić information content (AvgIpc) is 2.66. The molecule has 0 saturated heterocycles. The average molecular weight is 418 g/mol. The first-order valence-corrected chi connectivity index (χ1v) is 12.4. The molecule has 1 atom stereocenters. The van der Waals surface area contributed by atoms with E-state index in [1.807, 2.05) is 6.92 Å². The molecule has 0 amide bonds. The molecule has 1 unspecified atom stereocenters. The lowest BCUT2D eigenvalue weighted by molar-refractivity contribution is -0.221. The van der Waals surface area contributed by atoms with E-state index in [1.165, 1.54) is 70.6 Å². The van der Waals surface area contributed by atoms with Crippen LogP contribution in [0.25, 0.3) is 0 Å². The lowest BCUT2D eigenvalue weighted by Crippen LogP contribution is -2.61. The van der Waals surface area contributed by atoms with E-state index in [0.717, 1.165) is 25.7 Å². The van der Waals surface area contributed by atoms with Crippen LogP contribution in [0.1, 0.15) is 136 Å². The third kappa shape index (κ3) is 14.4. The van der Waals surface area contributed by atoms with E-state index < -0.39 is 17.6 Å². The van der Waals surface area contributed by atoms with E-state index in [-0.39, 0.29) is 19.3 Å². The standard InChI is InChI=1S/C24H51NO4/c1-3-5-6-7-8-9-10-11-12-13-14-15-16-17-20-24(28,29)23(25,19-4-2)21-18-22(26)27/h22,26-29H,3-21,25H2,1-2H3. The van der Waals surface area contributed by atoms with Crippen molar-refractivity contribution >= 4 is 0 Å². The van der Waals surface area contributed by atoms with Crippen molar-refractivity contribution in [3.05, 3.63) is 0 Å². The molecular formula is C24H51NO4. The van der Waals surface area contributed by atoms with Gasteiger partial charge in [-0.05, 0) is 25.7 Å². The maximum Gasteiger partial charge on any atom is 0.181 e. The topological polar surface area (TPSA) is 107 Å². The predicted molar refractivity (Wildman–Crippen MR) is 121 cm³/mol. The zero-order chi connectivity index (χ0) is 22.0. The first kappa shape index (κ1) is 28.8. The van der Waals surface area contributed by atoms with Gasteiger partial charge in [0.15, 0.2) is 12.1 Å². The number of aliphatic hydroxyl groups is 4. The molecule has 0 saturated carbocycles. The molecule has 0 bridgehead atoms. The number of nitrogens with two attached hydrogens (primary N) is 1. The van der Waals surface area contributed by atoms with Gasteiger partial charge in [-0.15, -0.1) is 0 Å². The summed E-state index contributed by atoms with van der Waals surface area (Å²) in [7, 11) is 0. The highest BCUT2D eigenvalue weighted by molar-refractivity contribution is 4.96. The second kappa shape index (κ2) is 17.5. The van der Waals surface area contributed by atoms with Gasteiger partial charge < -0.3 is 26.2 Å². The second-order valence-electron chi connectivity index (χ2n) is 9.09. The van der Waals surface area contributed by atoms with Crippen molar-refractivity contribution in [3.63, 3.8) is 0 Å². The Kier molecular flexibility index (Phi) is 17.4. The van der Waals surface area contributed by atoms with Crippen molar-refractivity contribution < 1.29 is 20.4 Å². The van der Waals surface area contributed by atoms with Gasteiger partial charge in [-0.3, -0.25) is 0 Å². The van der Waals surface area contributed by atoms with Crippen LogP contribution in [0, 0.1) is 0 Å². The molecule has 0 radical (unpaired) electrons. The third-order valence-corrected chi connectivity index (χ3v) is 6.22. The normalized spacial score (nSPS) is 14.5. The van der Waals surface area contributed by atoms with Crippen molar-refractivity contribution in [2.45, 2.75) is 153 Å². The van der Waals surface area contributed by atoms with Gasteiger partial charge in [0.1, 0.15) is 0 Å². The maximum atomic E-state index is 10.5. The Bertz CT molecular complexity index is 363. The minimum Gasteiger partial charge on any atom is -0.368 e. The highest BCUT2D eigenvalue weighted by Crippen LogP contribution is 2.32. The molecule has 176 valence electrons. The molecule has 0 fully saturated rings. The fraction of sp³-hybridized carbons (Fsp3) is 1.00. The van der Waals surface area contributed by atoms with Crippen LogP contribution in [0.4, 0.5) is 0 Å². The fourth-order valence-corrected chi connectivity index (χ4v) is 4.17. The molecular weight excluding hydrogens is 366 g/mol. The molecule has 0 spiro atoms. The Hall–Kier alpha value is -0.200. The van der Waals surface area contributed by atoms with Crippen LogP contribution in [0.5, 0.6) is 0 Å². The van der Waals surface area contributed by atoms with Gasteiger partial charge in [0.2, 0.25) is 0 Å². The third-order valence-electron chi connectivity index (χ3n) is 6.22. The van der Waals surface area contributed by atoms with E-state index in [9.17, 15) is 10.2 Å². The van der Waals surface area contributed by atoms with Gasteiger partial charge in [0.25, 0.3) is 0 Å². The molecule has 0 heterocycles. The summed E-state index contributed by atoms with van der Waals surface area (Å²) in [6.07, 6.45) is 17.8. The SMILES string of the molecule is CCCCCCCCCCCCCCCCC(O)(O)C(N)(CCC)CCC(O)O. The Morgan fingerprint density at radius 2 is 1.00 bits per heavy atom. The van der Waals surface area contributed by atoms with E-state index in [4.69, 9.17) is 15.9 Å². The summed E-state index contributed by atoms with van der Waals surface area (Å²) in [5, 5.41) is 39.3. The lowest BCUT2D eigenvalue weighted by atomic mass is 9.79. The smallest absolute Gasteiger partial charge is 0.181 e. The van der Waals surface area contributed by atoms with E-state index in [1.54, 1.807) is 0 Å². The molecule has 5 nitrogen and oxygen atoms in total. The Balaban J connectivity index is 3.78. The molecule has 0 aromatic rings. The summed E-state index contributed by atoms with van der Waals surface area (Å²) in [5.41, 5.74) is 5.07. The summed E-state index contributed by atoms with van der Waals surface area (Å²) in [6.45, 7) is 4.20. The maximum absolute atomic E-state index is 10.5. The minimum absolute atomic E-state index is 0.0537. The Morgan fingerprint density at radius 3 is 1.38 bits per heavy atom. The van der Waals surface area contributed by atoms with E-state index in [2.05, 4.69) is 6.92 Å². The molecule has 0 aliphatic heterocycles. The lowest BCUT2D eigenvalue weighted by Gasteiger charge is -2.41. The first-order valence-electron chi connectivity index (χ1n) is 12.4. The molecule has 0 aliphatic carbocycles. The van der Waals surface area contributed by atoms with Gasteiger partial charge in [-0.25, -0.2) is 0 Å². The van der Waals surface area contributed by atoms with Crippen LogP contribution >= 0.6 is 0 Å². The number of aliphatic hydroxyl groups excluding tert-OH is 1. The Labute approximate surface area is 180 Å². The van der Waals surface area contributed by atoms with E-state index >= 15 is 0 Å². The van der Waals surface area contributed by atoms with Crippen molar-refractivity contribution in [2.75, 3.05) is 0 Å². The minimum atomic E-state index is -1.96. The molecule has 0 aromatic heterocycles. The predicted octanol–water partition coefficient (Wildman–Crippen LogP) is 5.13. The fourth-order valence-electron chi connectivity index (χ4n) is 4.17. The molecule has 5 heteroatoms. The Morgan fingerprint density at radius 1 is 0.586 bits per heavy atom. The quantitative estimate of drug-likeness (QED) is 0.131. The number of unbranched alkanes of at least 4 members (excludes halogenated alkanes) is 13. The largest absolute Gasteiger partial charge is 0.368 e. The van der Waals surface area contributed by atoms with Crippen molar-refractivity contribution in [3.8, 4) is 0 Å². The van der Waals surface area contributed by atoms with Crippen molar-refractivity contribution in [1.29, 1.82) is 0 Å². The van der Waals surface area contributed by atoms with Gasteiger partial charge in [-0.2, -0.15) is 0 Å². The zero-order valence-electron chi connectivity index (χ0n) is 19.4. The second-order valence-corrected chi connectivity index (χ2v) is 9.09. The van der Waals surface area contributed by atoms with Crippen LogP contribution in [0.2, 0.25) is 0 Å². The molecule has 6 N–H and O–H groups in total. The van der Waals surface area contributed by atoms with Gasteiger partial charge in [0.05, 0.1) is 5.54 Å². The highest BCUT2D eigenvalue weighted by atomic mass is 16.5. The van der Waals surface area contributed by atoms with Crippen LogP contribution in [-0.2, 0) is 0 Å². The molecule has 29 heavy (non-hydrogen) atoms. The molecule has 0 rings (SSSR count). The number of hydrogen-bond acceptors (Lipinski definition) is 5. The van der Waals surface area contributed by atoms with Crippen LogP contribution in [0.3, 0.4) is 0 Å². The highest BCUT2D eigenvalue weighted by Gasteiger charge is 2.44. The van der Waals surface area contributed by atoms with Crippen molar-refractivity contribution in [2.24, 2.45) is 5.73 Å². The summed E-state index contributed by atoms with van der Waals surface area (Å²) >= 11 is 0. The van der Waals surface area contributed by atoms with Gasteiger partial charge in [-0.1, -0.05) is 104 Å². The number of hydrogen-bond donors (Lipinski definition) is 5. The van der Waals surface area contributed by atoms with E-state index in [0.29, 0.717) is 6.42 Å². The van der Waals surface area contributed by atoms with Crippen LogP contribution in [0.15, 0.2) is 0 Å². The summed E-state index contributed by atoms with van der Waals surface area (Å²) in [4.78, 5) is 0.